The number of carbonyl (C=O) groups is 1. The Morgan fingerprint density at radius 3 is 1.89 bits per heavy atom. The van der Waals surface area contributed by atoms with E-state index >= 15 is 0 Å². The van der Waals surface area contributed by atoms with E-state index in [0.717, 1.165) is 4.13 Å². The van der Waals surface area contributed by atoms with Crippen molar-refractivity contribution in [2.75, 3.05) is 11.9 Å². The van der Waals surface area contributed by atoms with Crippen LogP contribution in [0, 0.1) is 6.92 Å². The van der Waals surface area contributed by atoms with Gasteiger partial charge in [0.2, 0.25) is 6.08 Å². The zero-order valence-electron chi connectivity index (χ0n) is 18.3. The number of benzene rings is 1. The molecule has 19 heteroatoms. The summed E-state index contributed by atoms with van der Waals surface area (Å²) in [5, 5.41) is 2.60. The molecular formula is C18H16F6N4O7S2. The molecular weight excluding hydrogens is 562 g/mol. The van der Waals surface area contributed by atoms with E-state index in [-0.39, 0.29) is 6.61 Å². The molecule has 1 aromatic heterocycles. The number of pyridine rings is 1. The van der Waals surface area contributed by atoms with Crippen molar-refractivity contribution in [3.8, 4) is 0 Å². The lowest BCUT2D eigenvalue weighted by Gasteiger charge is -2.22. The first-order valence-electron chi connectivity index (χ1n) is 9.32. The van der Waals surface area contributed by atoms with Crippen LogP contribution in [-0.2, 0) is 36.1 Å². The van der Waals surface area contributed by atoms with Crippen LogP contribution in [0.15, 0.2) is 53.8 Å². The zero-order chi connectivity index (χ0) is 28.5. The van der Waals surface area contributed by atoms with Crippen molar-refractivity contribution in [2.24, 2.45) is 4.99 Å². The number of halogens is 6. The summed E-state index contributed by atoms with van der Waals surface area (Å²) in [6, 6.07) is 10.4. The Kier molecular flexibility index (Phi) is 10.7. The van der Waals surface area contributed by atoms with Crippen molar-refractivity contribution in [3.63, 3.8) is 0 Å². The number of anilines is 1. The van der Waals surface area contributed by atoms with Crippen molar-refractivity contribution in [3.05, 3.63) is 58.5 Å². The number of alkyl halides is 6. The summed E-state index contributed by atoms with van der Waals surface area (Å²) in [5.74, 6) is 0. The number of isocyanates is 1. The Bertz CT molecular complexity index is 1280. The van der Waals surface area contributed by atoms with Crippen LogP contribution in [0.1, 0.15) is 5.56 Å². The molecule has 1 heterocycles. The van der Waals surface area contributed by atoms with Crippen molar-refractivity contribution >= 4 is 43.6 Å². The molecule has 0 aliphatic carbocycles. The Balaban J connectivity index is 0.000000401. The van der Waals surface area contributed by atoms with E-state index in [1.165, 1.54) is 11.6 Å². The first-order valence-corrected chi connectivity index (χ1v) is 12.2. The Morgan fingerprint density at radius 2 is 1.46 bits per heavy atom. The number of rotatable bonds is 7. The third-order valence-electron chi connectivity index (χ3n) is 3.71. The number of aliphatic imine (C=N–C) groups is 1. The standard InChI is InChI=1S/C16H15N3O3.C2F6NO4S2/c1-13-6-8-19(9-7-13)10-11-22-16(21)18-15-4-2-14(3-5-15)17-12-20;3-1(4,5)14(10,11)9-15(12,13)2(6,7)8/h2-9H,10-11H2,1H3;/q;-1/p+1. The van der Waals surface area contributed by atoms with Crippen LogP contribution >= 0.6 is 0 Å². The highest BCUT2D eigenvalue weighted by Gasteiger charge is 2.46. The molecule has 204 valence electrons. The van der Waals surface area contributed by atoms with E-state index in [0.29, 0.717) is 17.9 Å². The van der Waals surface area contributed by atoms with Crippen LogP contribution in [0.3, 0.4) is 0 Å². The molecule has 0 saturated heterocycles. The highest BCUT2D eigenvalue weighted by molar-refractivity contribution is 8.13. The summed E-state index contributed by atoms with van der Waals surface area (Å²) >= 11 is 0. The quantitative estimate of drug-likeness (QED) is 0.228. The Morgan fingerprint density at radius 1 is 0.973 bits per heavy atom. The number of hydrogen-bond acceptors (Lipinski definition) is 8. The van der Waals surface area contributed by atoms with Gasteiger partial charge in [-0.15, -0.1) is 0 Å². The molecule has 2 rings (SSSR count). The average molecular weight is 578 g/mol. The van der Waals surface area contributed by atoms with E-state index in [9.17, 15) is 52.8 Å². The molecule has 0 unspecified atom stereocenters. The lowest BCUT2D eigenvalue weighted by atomic mass is 10.3. The van der Waals surface area contributed by atoms with Crippen LogP contribution in [0.2, 0.25) is 0 Å². The topological polar surface area (TPSA) is 154 Å². The number of nitrogens with zero attached hydrogens (tertiary/aromatic N) is 3. The summed E-state index contributed by atoms with van der Waals surface area (Å²) in [6.45, 7) is 2.87. The molecule has 0 spiro atoms. The Hall–Kier alpha value is -3.54. The highest BCUT2D eigenvalue weighted by Crippen LogP contribution is 2.36. The molecule has 2 aromatic rings. The minimum Gasteiger partial charge on any atom is -0.443 e. The molecule has 0 atom stereocenters. The Labute approximate surface area is 205 Å². The maximum atomic E-state index is 11.6. The molecule has 0 fully saturated rings. The summed E-state index contributed by atoms with van der Waals surface area (Å²) in [5.41, 5.74) is -10.2. The van der Waals surface area contributed by atoms with Gasteiger partial charge in [0.1, 0.15) is 0 Å². The number of aryl methyl sites for hydroxylation is 1. The third-order valence-corrected chi connectivity index (χ3v) is 6.45. The molecule has 0 radical (unpaired) electrons. The first-order chi connectivity index (χ1) is 16.9. The third kappa shape index (κ3) is 10.5. The fourth-order valence-electron chi connectivity index (χ4n) is 1.96. The second-order valence-electron chi connectivity index (χ2n) is 6.54. The predicted octanol–water partition coefficient (Wildman–Crippen LogP) is 3.56. The van der Waals surface area contributed by atoms with E-state index in [4.69, 9.17) is 4.74 Å². The van der Waals surface area contributed by atoms with Gasteiger partial charge >= 0.3 is 17.1 Å². The summed E-state index contributed by atoms with van der Waals surface area (Å²) in [7, 11) is -13.4. The number of sulfonamides is 2. The van der Waals surface area contributed by atoms with E-state index in [2.05, 4.69) is 10.3 Å². The van der Waals surface area contributed by atoms with Crippen molar-refractivity contribution in [1.29, 1.82) is 0 Å². The fourth-order valence-corrected chi connectivity index (χ4v) is 3.67. The highest BCUT2D eigenvalue weighted by atomic mass is 32.3. The number of carbonyl (C=O) groups excluding carboxylic acids is 2. The van der Waals surface area contributed by atoms with Gasteiger partial charge in [0, 0.05) is 17.8 Å². The molecule has 1 N–H and O–H groups in total. The van der Waals surface area contributed by atoms with Gasteiger partial charge in [0.25, 0.3) is 0 Å². The van der Waals surface area contributed by atoms with Gasteiger partial charge in [-0.2, -0.15) is 31.3 Å². The maximum Gasteiger partial charge on any atom is 0.480 e. The molecule has 1 aromatic carbocycles. The largest absolute Gasteiger partial charge is 0.480 e. The first kappa shape index (κ1) is 31.5. The van der Waals surface area contributed by atoms with Gasteiger partial charge in [0.15, 0.2) is 45.6 Å². The zero-order valence-corrected chi connectivity index (χ0v) is 19.9. The molecule has 0 aliphatic heterocycles. The normalized spacial score (nSPS) is 12.0. The number of hydrogen-bond donors (Lipinski definition) is 1. The van der Waals surface area contributed by atoms with E-state index < -0.39 is 37.2 Å². The number of ether oxygens (including phenoxy) is 1. The minimum atomic E-state index is -6.72. The summed E-state index contributed by atoms with van der Waals surface area (Å²) in [6.07, 6.45) is 4.79. The SMILES string of the molecule is Cc1cc[n+](CCOC(=O)Nc2ccc(N=C=O)cc2)cc1.O=S(=O)([N-]S(=O)(=O)C(F)(F)F)C(F)(F)F. The molecule has 0 bridgehead atoms. The van der Waals surface area contributed by atoms with Crippen molar-refractivity contribution in [2.45, 2.75) is 24.5 Å². The maximum absolute atomic E-state index is 11.6. The van der Waals surface area contributed by atoms with Gasteiger partial charge < -0.3 is 8.86 Å². The van der Waals surface area contributed by atoms with Crippen LogP contribution in [-0.4, -0.2) is 46.6 Å². The lowest BCUT2D eigenvalue weighted by Crippen LogP contribution is -2.35. The van der Waals surface area contributed by atoms with Crippen LogP contribution in [0.4, 0.5) is 42.5 Å². The predicted molar refractivity (Wildman–Crippen MR) is 114 cm³/mol. The van der Waals surface area contributed by atoms with Crippen LogP contribution in [0.5, 0.6) is 0 Å². The van der Waals surface area contributed by atoms with Crippen LogP contribution < -0.4 is 9.88 Å². The van der Waals surface area contributed by atoms with Gasteiger partial charge in [0.05, 0.1) is 5.69 Å². The average Bonchev–Trinajstić information content (AvgIpc) is 2.75. The van der Waals surface area contributed by atoms with Gasteiger partial charge in [-0.3, -0.25) is 5.32 Å². The van der Waals surface area contributed by atoms with Crippen LogP contribution in [0.25, 0.3) is 4.13 Å². The monoisotopic (exact) mass is 578 g/mol. The molecule has 37 heavy (non-hydrogen) atoms. The second-order valence-corrected chi connectivity index (χ2v) is 9.96. The molecule has 1 amide bonds. The smallest absolute Gasteiger partial charge is 0.443 e. The molecule has 0 aliphatic rings. The van der Waals surface area contributed by atoms with Crippen molar-refractivity contribution < 1.29 is 62.1 Å². The minimum absolute atomic E-state index is 0.271. The van der Waals surface area contributed by atoms with Crippen molar-refractivity contribution in [1.82, 2.24) is 0 Å². The molecule has 0 saturated carbocycles. The second kappa shape index (κ2) is 12.6. The number of nitrogens with one attached hydrogen (secondary N) is 1. The fraction of sp³-hybridized carbons (Fsp3) is 0.278. The summed E-state index contributed by atoms with van der Waals surface area (Å²) < 4.78 is 116. The lowest BCUT2D eigenvalue weighted by molar-refractivity contribution is -0.697. The number of aromatic nitrogens is 1. The summed E-state index contributed by atoms with van der Waals surface area (Å²) in [4.78, 5) is 25.2. The molecule has 11 nitrogen and oxygen atoms in total. The van der Waals surface area contributed by atoms with E-state index in [1.807, 2.05) is 36.0 Å². The van der Waals surface area contributed by atoms with Gasteiger partial charge in [-0.25, -0.2) is 31.0 Å². The van der Waals surface area contributed by atoms with Gasteiger partial charge in [-0.05, 0) is 36.8 Å². The van der Waals surface area contributed by atoms with Gasteiger partial charge in [-0.1, -0.05) is 0 Å². The number of amides is 1. The van der Waals surface area contributed by atoms with E-state index in [1.54, 1.807) is 24.3 Å².